The Labute approximate surface area is 220 Å². The van der Waals surface area contributed by atoms with E-state index in [1.807, 2.05) is 30.3 Å². The molecule has 0 spiro atoms. The Hall–Kier alpha value is -4.44. The van der Waals surface area contributed by atoms with Crippen molar-refractivity contribution in [2.24, 2.45) is 0 Å². The minimum Gasteiger partial charge on any atom is -0.346 e. The first-order chi connectivity index (χ1) is 18.3. The third-order valence-electron chi connectivity index (χ3n) is 5.74. The normalized spacial score (nSPS) is 11.5. The number of amides is 1. The van der Waals surface area contributed by atoms with Crippen LogP contribution >= 0.6 is 11.6 Å². The van der Waals surface area contributed by atoms with E-state index in [-0.39, 0.29) is 19.0 Å². The molecule has 1 N–H and O–H groups in total. The molecule has 0 aliphatic rings. The van der Waals surface area contributed by atoms with Crippen LogP contribution < -0.4 is 5.32 Å². The van der Waals surface area contributed by atoms with Crippen molar-refractivity contribution in [2.45, 2.75) is 19.3 Å². The van der Waals surface area contributed by atoms with Crippen molar-refractivity contribution in [1.29, 1.82) is 0 Å². The average molecular weight is 537 g/mol. The van der Waals surface area contributed by atoms with E-state index in [1.54, 1.807) is 41.3 Å². The Balaban J connectivity index is 1.30. The highest BCUT2D eigenvalue weighted by atomic mass is 35.5. The fourth-order valence-corrected chi connectivity index (χ4v) is 3.95. The zero-order chi connectivity index (χ0) is 26.7. The molecule has 2 heterocycles. The number of benzene rings is 3. The summed E-state index contributed by atoms with van der Waals surface area (Å²) in [7, 11) is 0. The van der Waals surface area contributed by atoms with Gasteiger partial charge in [0.15, 0.2) is 0 Å². The van der Waals surface area contributed by atoms with Crippen LogP contribution in [0.15, 0.2) is 91.3 Å². The van der Waals surface area contributed by atoms with E-state index in [0.717, 1.165) is 23.4 Å². The molecular weight excluding hydrogens is 517 g/mol. The van der Waals surface area contributed by atoms with Crippen molar-refractivity contribution in [1.82, 2.24) is 30.1 Å². The lowest BCUT2D eigenvalue weighted by atomic mass is 10.1. The predicted octanol–water partition coefficient (Wildman–Crippen LogP) is 5.78. The molecule has 0 saturated heterocycles. The van der Waals surface area contributed by atoms with Crippen LogP contribution in [0.4, 0.5) is 13.2 Å². The lowest BCUT2D eigenvalue weighted by Crippen LogP contribution is -2.23. The smallest absolute Gasteiger partial charge is 0.346 e. The second-order valence-electron chi connectivity index (χ2n) is 8.46. The number of hydrogen-bond acceptors (Lipinski definition) is 4. The number of nitrogens with zero attached hydrogens (tertiary/aromatic N) is 5. The fraction of sp³-hybridized carbons (Fsp3) is 0.111. The number of nitrogens with one attached hydrogen (secondary N) is 1. The number of rotatable bonds is 7. The van der Waals surface area contributed by atoms with Gasteiger partial charge >= 0.3 is 6.18 Å². The van der Waals surface area contributed by atoms with Crippen molar-refractivity contribution in [3.05, 3.63) is 119 Å². The highest BCUT2D eigenvalue weighted by Gasteiger charge is 2.30. The fourth-order valence-electron chi connectivity index (χ4n) is 3.82. The second-order valence-corrected chi connectivity index (χ2v) is 8.90. The van der Waals surface area contributed by atoms with Crippen molar-refractivity contribution in [2.75, 3.05) is 0 Å². The zero-order valence-corrected chi connectivity index (χ0v) is 20.5. The molecule has 0 atom stereocenters. The van der Waals surface area contributed by atoms with E-state index in [2.05, 4.69) is 20.7 Å². The maximum atomic E-state index is 13.2. The van der Waals surface area contributed by atoms with Crippen LogP contribution in [0.1, 0.15) is 27.2 Å². The minimum absolute atomic E-state index is 0.0996. The summed E-state index contributed by atoms with van der Waals surface area (Å²) >= 11 is 6.03. The molecule has 2 aromatic heterocycles. The quantitative estimate of drug-likeness (QED) is 0.286. The molecule has 0 unspecified atom stereocenters. The monoisotopic (exact) mass is 536 g/mol. The Morgan fingerprint density at radius 2 is 1.63 bits per heavy atom. The predicted molar refractivity (Wildman–Crippen MR) is 136 cm³/mol. The number of hydrogen-bond donors (Lipinski definition) is 1. The van der Waals surface area contributed by atoms with Crippen LogP contribution in [0.25, 0.3) is 16.9 Å². The van der Waals surface area contributed by atoms with Gasteiger partial charge in [-0.1, -0.05) is 59.3 Å². The van der Waals surface area contributed by atoms with Gasteiger partial charge < -0.3 is 5.32 Å². The molecule has 0 radical (unpaired) electrons. The summed E-state index contributed by atoms with van der Waals surface area (Å²) < 4.78 is 41.5. The van der Waals surface area contributed by atoms with Crippen LogP contribution in [0.3, 0.4) is 0 Å². The van der Waals surface area contributed by atoms with Gasteiger partial charge in [-0.3, -0.25) is 4.79 Å². The largest absolute Gasteiger partial charge is 0.416 e. The number of carbonyl (C=O) groups is 1. The Bertz CT molecular complexity index is 1540. The van der Waals surface area contributed by atoms with Crippen LogP contribution in [0, 0.1) is 0 Å². The third-order valence-corrected chi connectivity index (χ3v) is 5.99. The lowest BCUT2D eigenvalue weighted by molar-refractivity contribution is -0.137. The first-order valence-corrected chi connectivity index (χ1v) is 11.9. The molecule has 0 fully saturated rings. The van der Waals surface area contributed by atoms with Crippen LogP contribution in [0.2, 0.25) is 5.02 Å². The summed E-state index contributed by atoms with van der Waals surface area (Å²) in [6.45, 7) is 0.339. The number of halogens is 4. The molecule has 38 heavy (non-hydrogen) atoms. The van der Waals surface area contributed by atoms with Gasteiger partial charge in [0, 0.05) is 16.8 Å². The average Bonchev–Trinajstić information content (AvgIpc) is 3.56. The molecule has 3 aromatic carbocycles. The topological polar surface area (TPSA) is 77.6 Å². The van der Waals surface area contributed by atoms with Gasteiger partial charge in [-0.25, -0.2) is 9.36 Å². The molecule has 0 aliphatic heterocycles. The number of para-hydroxylation sites is 1. The molecule has 5 aromatic rings. The highest BCUT2D eigenvalue weighted by Crippen LogP contribution is 2.29. The molecule has 1 amide bonds. The molecule has 0 bridgehead atoms. The van der Waals surface area contributed by atoms with Gasteiger partial charge in [0.1, 0.15) is 11.4 Å². The maximum Gasteiger partial charge on any atom is 0.416 e. The van der Waals surface area contributed by atoms with Gasteiger partial charge in [-0.15, -0.1) is 5.10 Å². The summed E-state index contributed by atoms with van der Waals surface area (Å²) in [5.41, 5.74) is 2.82. The molecular formula is C27H20ClF3N6O. The van der Waals surface area contributed by atoms with Gasteiger partial charge in [0.25, 0.3) is 5.91 Å². The molecule has 192 valence electrons. The summed E-state index contributed by atoms with van der Waals surface area (Å²) in [6, 6.07) is 21.3. The van der Waals surface area contributed by atoms with Crippen molar-refractivity contribution in [3.63, 3.8) is 0 Å². The second kappa shape index (κ2) is 10.5. The van der Waals surface area contributed by atoms with E-state index in [9.17, 15) is 18.0 Å². The summed E-state index contributed by atoms with van der Waals surface area (Å²) in [5.74, 6) is -0.352. The van der Waals surface area contributed by atoms with Crippen LogP contribution in [0.5, 0.6) is 0 Å². The Kier molecular flexibility index (Phi) is 6.97. The number of carbonyl (C=O) groups excluding carboxylic acids is 1. The van der Waals surface area contributed by atoms with E-state index in [4.69, 9.17) is 11.6 Å². The van der Waals surface area contributed by atoms with Gasteiger partial charge in [-0.2, -0.15) is 18.3 Å². The van der Waals surface area contributed by atoms with Crippen LogP contribution in [-0.2, 0) is 19.3 Å². The molecule has 5 rings (SSSR count). The molecule has 0 saturated carbocycles. The maximum absolute atomic E-state index is 13.2. The van der Waals surface area contributed by atoms with Gasteiger partial charge in [0.05, 0.1) is 36.1 Å². The summed E-state index contributed by atoms with van der Waals surface area (Å²) in [6.07, 6.45) is -1.09. The van der Waals surface area contributed by atoms with E-state index in [1.165, 1.54) is 16.8 Å². The molecule has 7 nitrogen and oxygen atoms in total. The van der Waals surface area contributed by atoms with Crippen molar-refractivity contribution in [3.8, 4) is 16.9 Å². The highest BCUT2D eigenvalue weighted by molar-refractivity contribution is 6.30. The number of alkyl halides is 3. The Morgan fingerprint density at radius 1 is 0.921 bits per heavy atom. The standard InChI is InChI=1S/C27H20ClF3N6O/c28-21-12-8-19(9-13-21)25-24(17-37(34-25)23-4-2-1-3-5-23)26(38)32-14-22-16-36(35-33-22)15-18-6-10-20(11-7-18)27(29,30)31/h1-13,16-17H,14-15H2,(H,32,38). The van der Waals surface area contributed by atoms with E-state index in [0.29, 0.717) is 27.5 Å². The van der Waals surface area contributed by atoms with Crippen molar-refractivity contribution >= 4 is 17.5 Å². The van der Waals surface area contributed by atoms with Crippen molar-refractivity contribution < 1.29 is 18.0 Å². The van der Waals surface area contributed by atoms with E-state index < -0.39 is 11.7 Å². The van der Waals surface area contributed by atoms with E-state index >= 15 is 0 Å². The summed E-state index contributed by atoms with van der Waals surface area (Å²) in [5, 5.41) is 16.1. The van der Waals surface area contributed by atoms with Crippen LogP contribution in [-0.4, -0.2) is 30.7 Å². The number of aromatic nitrogens is 5. The minimum atomic E-state index is -4.39. The van der Waals surface area contributed by atoms with Gasteiger partial charge in [0.2, 0.25) is 0 Å². The first kappa shape index (κ1) is 25.2. The molecule has 0 aliphatic carbocycles. The lowest BCUT2D eigenvalue weighted by Gasteiger charge is -2.07. The SMILES string of the molecule is O=C(NCc1cn(Cc2ccc(C(F)(F)F)cc2)nn1)c1cn(-c2ccccc2)nc1-c1ccc(Cl)cc1. The third kappa shape index (κ3) is 5.76. The zero-order valence-electron chi connectivity index (χ0n) is 19.7. The Morgan fingerprint density at radius 3 is 2.32 bits per heavy atom. The van der Waals surface area contributed by atoms with Gasteiger partial charge in [-0.05, 0) is 42.0 Å². The molecule has 11 heteroatoms. The first-order valence-electron chi connectivity index (χ1n) is 11.5. The summed E-state index contributed by atoms with van der Waals surface area (Å²) in [4.78, 5) is 13.2.